The van der Waals surface area contributed by atoms with Crippen LogP contribution in [0.3, 0.4) is 0 Å². The minimum atomic E-state index is -3.53. The van der Waals surface area contributed by atoms with Crippen LogP contribution in [0.25, 0.3) is 0 Å². The summed E-state index contributed by atoms with van der Waals surface area (Å²) in [6.45, 7) is 3.50. The predicted molar refractivity (Wildman–Crippen MR) is 117 cm³/mol. The topological polar surface area (TPSA) is 78.5 Å². The minimum Gasteiger partial charge on any atom is -0.322 e. The van der Waals surface area contributed by atoms with Gasteiger partial charge < -0.3 is 10.6 Å². The predicted octanol–water partition coefficient (Wildman–Crippen LogP) is 3.29. The molecule has 1 heterocycles. The lowest BCUT2D eigenvalue weighted by molar-refractivity contribution is 0.102. The molecule has 0 saturated carbocycles. The third-order valence-electron chi connectivity index (χ3n) is 4.26. The first-order valence-corrected chi connectivity index (χ1v) is 11.7. The van der Waals surface area contributed by atoms with Gasteiger partial charge in [-0.15, -0.1) is 0 Å². The summed E-state index contributed by atoms with van der Waals surface area (Å²) >= 11 is 5.55. The number of benzene rings is 2. The van der Waals surface area contributed by atoms with E-state index in [-0.39, 0.29) is 16.8 Å². The van der Waals surface area contributed by atoms with Gasteiger partial charge in [0.1, 0.15) is 0 Å². The van der Waals surface area contributed by atoms with Gasteiger partial charge in [-0.25, -0.2) is 8.42 Å². The lowest BCUT2D eigenvalue weighted by Gasteiger charge is -2.31. The van der Waals surface area contributed by atoms with E-state index >= 15 is 0 Å². The van der Waals surface area contributed by atoms with Gasteiger partial charge in [0.2, 0.25) is 10.0 Å². The largest absolute Gasteiger partial charge is 0.322 e. The van der Waals surface area contributed by atoms with Crippen molar-refractivity contribution in [3.05, 3.63) is 56.1 Å². The number of nitrogens with one attached hydrogen (secondary N) is 2. The Morgan fingerprint density at radius 3 is 2.59 bits per heavy atom. The second-order valence-electron chi connectivity index (χ2n) is 6.33. The summed E-state index contributed by atoms with van der Waals surface area (Å²) in [5.74, 6) is -0.244. The molecule has 3 rings (SSSR count). The van der Waals surface area contributed by atoms with E-state index in [4.69, 9.17) is 0 Å². The summed E-state index contributed by atoms with van der Waals surface area (Å²) in [6.07, 6.45) is 0. The van der Waals surface area contributed by atoms with Crippen LogP contribution in [0.4, 0.5) is 5.69 Å². The maximum atomic E-state index is 12.8. The van der Waals surface area contributed by atoms with Crippen LogP contribution in [0.15, 0.2) is 51.8 Å². The fraction of sp³-hybridized carbons (Fsp3) is 0.278. The average molecular weight is 564 g/mol. The van der Waals surface area contributed by atoms with E-state index in [0.717, 1.165) is 8.04 Å². The molecule has 1 aliphatic heterocycles. The Bertz CT molecular complexity index is 951. The Kier molecular flexibility index (Phi) is 6.57. The molecule has 0 aliphatic carbocycles. The van der Waals surface area contributed by atoms with Crippen LogP contribution in [0.5, 0.6) is 0 Å². The highest BCUT2D eigenvalue weighted by molar-refractivity contribution is 14.1. The standard InChI is InChI=1S/C18H19BrIN3O3S/c1-12-11-23(9-8-21-12)27(25,26)15-5-3-14(4-6-15)22-18(24)13-2-7-16(19)17(20)10-13/h2-7,10,12,21H,8-9,11H2,1H3,(H,22,24). The number of amides is 1. The van der Waals surface area contributed by atoms with Crippen molar-refractivity contribution >= 4 is 60.1 Å². The van der Waals surface area contributed by atoms with Crippen LogP contribution in [0.2, 0.25) is 0 Å². The zero-order valence-corrected chi connectivity index (χ0v) is 19.1. The molecule has 0 spiro atoms. The first-order chi connectivity index (χ1) is 12.8. The number of piperazine rings is 1. The fourth-order valence-electron chi connectivity index (χ4n) is 2.82. The van der Waals surface area contributed by atoms with Crippen molar-refractivity contribution in [2.24, 2.45) is 0 Å². The Balaban J connectivity index is 1.73. The Morgan fingerprint density at radius 1 is 1.26 bits per heavy atom. The van der Waals surface area contributed by atoms with Gasteiger partial charge in [0.15, 0.2) is 0 Å². The monoisotopic (exact) mass is 563 g/mol. The summed E-state index contributed by atoms with van der Waals surface area (Å²) in [7, 11) is -3.53. The zero-order valence-electron chi connectivity index (χ0n) is 14.6. The van der Waals surface area contributed by atoms with Crippen LogP contribution >= 0.6 is 38.5 Å². The molecule has 2 aromatic carbocycles. The van der Waals surface area contributed by atoms with Crippen LogP contribution in [-0.4, -0.2) is 44.3 Å². The van der Waals surface area contributed by atoms with Gasteiger partial charge in [0.25, 0.3) is 5.91 Å². The number of hydrogen-bond donors (Lipinski definition) is 2. The summed E-state index contributed by atoms with van der Waals surface area (Å²) in [6, 6.07) is 11.7. The first kappa shape index (κ1) is 20.7. The van der Waals surface area contributed by atoms with Gasteiger partial charge in [-0.2, -0.15) is 4.31 Å². The van der Waals surface area contributed by atoms with E-state index in [1.807, 2.05) is 13.0 Å². The zero-order chi connectivity index (χ0) is 19.6. The molecule has 1 aliphatic rings. The second kappa shape index (κ2) is 8.56. The maximum Gasteiger partial charge on any atom is 0.255 e. The molecule has 0 radical (unpaired) electrons. The van der Waals surface area contributed by atoms with E-state index in [1.54, 1.807) is 24.3 Å². The van der Waals surface area contributed by atoms with Crippen molar-refractivity contribution in [3.8, 4) is 0 Å². The lowest BCUT2D eigenvalue weighted by Crippen LogP contribution is -2.51. The second-order valence-corrected chi connectivity index (χ2v) is 10.3. The number of halogens is 2. The van der Waals surface area contributed by atoms with Gasteiger partial charge in [0.05, 0.1) is 4.90 Å². The van der Waals surface area contributed by atoms with E-state index < -0.39 is 10.0 Å². The van der Waals surface area contributed by atoms with Gasteiger partial charge in [-0.1, -0.05) is 0 Å². The highest BCUT2D eigenvalue weighted by Gasteiger charge is 2.28. The smallest absolute Gasteiger partial charge is 0.255 e. The van der Waals surface area contributed by atoms with Gasteiger partial charge >= 0.3 is 0 Å². The third-order valence-corrected chi connectivity index (χ3v) is 8.47. The molecule has 0 bridgehead atoms. The summed E-state index contributed by atoms with van der Waals surface area (Å²) < 4.78 is 28.9. The molecular formula is C18H19BrIN3O3S. The normalized spacial score (nSPS) is 18.3. The molecular weight excluding hydrogens is 545 g/mol. The van der Waals surface area contributed by atoms with E-state index in [0.29, 0.717) is 30.9 Å². The Morgan fingerprint density at radius 2 is 1.96 bits per heavy atom. The molecule has 2 N–H and O–H groups in total. The molecule has 1 fully saturated rings. The van der Waals surface area contributed by atoms with Crippen molar-refractivity contribution in [1.29, 1.82) is 0 Å². The molecule has 144 valence electrons. The first-order valence-electron chi connectivity index (χ1n) is 8.37. The molecule has 27 heavy (non-hydrogen) atoms. The number of sulfonamides is 1. The molecule has 1 amide bonds. The van der Waals surface area contributed by atoms with E-state index in [9.17, 15) is 13.2 Å². The Labute approximate surface area is 181 Å². The van der Waals surface area contributed by atoms with Gasteiger partial charge in [-0.3, -0.25) is 4.79 Å². The SMILES string of the molecule is CC1CN(S(=O)(=O)c2ccc(NC(=O)c3ccc(Br)c(I)c3)cc2)CCN1. The summed E-state index contributed by atoms with van der Waals surface area (Å²) in [5.41, 5.74) is 1.08. The molecule has 1 saturated heterocycles. The highest BCUT2D eigenvalue weighted by atomic mass is 127. The number of hydrogen-bond acceptors (Lipinski definition) is 4. The quantitative estimate of drug-likeness (QED) is 0.560. The number of carbonyl (C=O) groups excluding carboxylic acids is 1. The van der Waals surface area contributed by atoms with Crippen LogP contribution < -0.4 is 10.6 Å². The third kappa shape index (κ3) is 4.89. The van der Waals surface area contributed by atoms with Crippen LogP contribution in [-0.2, 0) is 10.0 Å². The average Bonchev–Trinajstić information content (AvgIpc) is 2.64. The molecule has 6 nitrogen and oxygen atoms in total. The van der Waals surface area contributed by atoms with Crippen LogP contribution in [0, 0.1) is 3.57 Å². The van der Waals surface area contributed by atoms with Gasteiger partial charge in [0, 0.05) is 45.0 Å². The van der Waals surface area contributed by atoms with E-state index in [1.165, 1.54) is 16.4 Å². The maximum absolute atomic E-state index is 12.8. The number of anilines is 1. The Hall–Kier alpha value is -1.01. The van der Waals surface area contributed by atoms with Crippen molar-refractivity contribution < 1.29 is 13.2 Å². The van der Waals surface area contributed by atoms with Crippen molar-refractivity contribution in [3.63, 3.8) is 0 Å². The number of rotatable bonds is 4. The highest BCUT2D eigenvalue weighted by Crippen LogP contribution is 2.22. The minimum absolute atomic E-state index is 0.126. The molecule has 1 unspecified atom stereocenters. The molecule has 0 aromatic heterocycles. The molecule has 1 atom stereocenters. The number of nitrogens with zero attached hydrogens (tertiary/aromatic N) is 1. The number of carbonyl (C=O) groups is 1. The van der Waals surface area contributed by atoms with Crippen molar-refractivity contribution in [1.82, 2.24) is 9.62 Å². The molecule has 9 heteroatoms. The fourth-order valence-corrected chi connectivity index (χ4v) is 5.11. The lowest BCUT2D eigenvalue weighted by atomic mass is 10.2. The van der Waals surface area contributed by atoms with Crippen molar-refractivity contribution in [2.45, 2.75) is 17.9 Å². The summed E-state index contributed by atoms with van der Waals surface area (Å²) in [4.78, 5) is 12.6. The van der Waals surface area contributed by atoms with E-state index in [2.05, 4.69) is 49.2 Å². The van der Waals surface area contributed by atoms with Crippen molar-refractivity contribution in [2.75, 3.05) is 25.0 Å². The molecule has 2 aromatic rings. The van der Waals surface area contributed by atoms with Crippen LogP contribution in [0.1, 0.15) is 17.3 Å². The van der Waals surface area contributed by atoms with Gasteiger partial charge in [-0.05, 0) is 87.9 Å². The summed E-state index contributed by atoms with van der Waals surface area (Å²) in [5, 5.41) is 6.03.